The van der Waals surface area contributed by atoms with Crippen LogP contribution in [-0.2, 0) is 6.54 Å². The molecule has 0 unspecified atom stereocenters. The summed E-state index contributed by atoms with van der Waals surface area (Å²) in [7, 11) is 1.64. The smallest absolute Gasteiger partial charge is 0.226 e. The van der Waals surface area contributed by atoms with Crippen LogP contribution in [0.1, 0.15) is 5.56 Å². The van der Waals surface area contributed by atoms with Crippen molar-refractivity contribution in [3.63, 3.8) is 0 Å². The monoisotopic (exact) mass is 289 g/mol. The van der Waals surface area contributed by atoms with Crippen molar-refractivity contribution in [2.24, 2.45) is 0 Å². The molecule has 0 aliphatic carbocycles. The second-order valence-corrected chi connectivity index (χ2v) is 4.52. The molecule has 2 heterocycles. The van der Waals surface area contributed by atoms with Crippen LogP contribution < -0.4 is 10.1 Å². The molecule has 0 radical (unpaired) electrons. The van der Waals surface area contributed by atoms with Crippen molar-refractivity contribution in [3.05, 3.63) is 41.3 Å². The second kappa shape index (κ2) is 5.34. The maximum absolute atomic E-state index is 5.88. The Bertz CT molecular complexity index is 742. The van der Waals surface area contributed by atoms with Crippen LogP contribution in [0.4, 0.5) is 5.82 Å². The zero-order chi connectivity index (χ0) is 13.9. The van der Waals surface area contributed by atoms with Crippen molar-refractivity contribution in [1.29, 1.82) is 0 Å². The van der Waals surface area contributed by atoms with Gasteiger partial charge in [-0.3, -0.25) is 5.10 Å². The summed E-state index contributed by atoms with van der Waals surface area (Å²) in [5.41, 5.74) is 1.69. The van der Waals surface area contributed by atoms with Crippen LogP contribution in [0.15, 0.2) is 30.5 Å². The van der Waals surface area contributed by atoms with Gasteiger partial charge in [0.25, 0.3) is 0 Å². The van der Waals surface area contributed by atoms with Gasteiger partial charge in [0.05, 0.1) is 18.7 Å². The molecule has 0 saturated carbocycles. The van der Waals surface area contributed by atoms with E-state index >= 15 is 0 Å². The minimum Gasteiger partial charge on any atom is -0.497 e. The summed E-state index contributed by atoms with van der Waals surface area (Å²) in [5, 5.41) is 10.9. The molecule has 0 spiro atoms. The van der Waals surface area contributed by atoms with E-state index in [4.69, 9.17) is 16.3 Å². The molecule has 0 bridgehead atoms. The lowest BCUT2D eigenvalue weighted by atomic mass is 10.2. The number of aromatic nitrogens is 4. The van der Waals surface area contributed by atoms with Crippen molar-refractivity contribution in [3.8, 4) is 5.75 Å². The van der Waals surface area contributed by atoms with Gasteiger partial charge in [0.2, 0.25) is 5.28 Å². The van der Waals surface area contributed by atoms with Gasteiger partial charge in [-0.25, -0.2) is 0 Å². The summed E-state index contributed by atoms with van der Waals surface area (Å²) in [5.74, 6) is 1.47. The molecular formula is C13H12ClN5O. The second-order valence-electron chi connectivity index (χ2n) is 4.18. The lowest BCUT2D eigenvalue weighted by Gasteiger charge is -2.08. The number of halogens is 1. The average molecular weight is 290 g/mol. The Morgan fingerprint density at radius 1 is 1.35 bits per heavy atom. The van der Waals surface area contributed by atoms with E-state index in [1.165, 1.54) is 0 Å². The molecule has 0 atom stereocenters. The molecule has 0 aliphatic rings. The van der Waals surface area contributed by atoms with Crippen molar-refractivity contribution in [2.75, 3.05) is 12.4 Å². The number of benzene rings is 1. The number of hydrogen-bond acceptors (Lipinski definition) is 5. The van der Waals surface area contributed by atoms with Gasteiger partial charge in [-0.1, -0.05) is 12.1 Å². The topological polar surface area (TPSA) is 75.7 Å². The minimum atomic E-state index is 0.176. The summed E-state index contributed by atoms with van der Waals surface area (Å²) < 4.78 is 5.19. The number of anilines is 1. The molecule has 102 valence electrons. The highest BCUT2D eigenvalue weighted by atomic mass is 35.5. The molecule has 2 aromatic heterocycles. The highest BCUT2D eigenvalue weighted by molar-refractivity contribution is 6.28. The number of aromatic amines is 1. The number of rotatable bonds is 4. The number of fused-ring (bicyclic) bond motifs is 1. The molecule has 20 heavy (non-hydrogen) atoms. The minimum absolute atomic E-state index is 0.176. The summed E-state index contributed by atoms with van der Waals surface area (Å²) >= 11 is 5.88. The molecule has 0 fully saturated rings. The highest BCUT2D eigenvalue weighted by Crippen LogP contribution is 2.21. The van der Waals surface area contributed by atoms with E-state index in [0.29, 0.717) is 18.0 Å². The Morgan fingerprint density at radius 2 is 2.25 bits per heavy atom. The standard InChI is InChI=1S/C13H12ClN5O/c1-20-9-4-2-3-8(5-9)6-15-11-10-7-16-19-12(10)18-13(14)17-11/h2-5,7H,6H2,1H3,(H2,15,16,17,18,19). The van der Waals surface area contributed by atoms with Crippen molar-refractivity contribution in [2.45, 2.75) is 6.54 Å². The summed E-state index contributed by atoms with van der Waals surface area (Å²) in [6.45, 7) is 0.602. The zero-order valence-corrected chi connectivity index (χ0v) is 11.5. The van der Waals surface area contributed by atoms with Gasteiger partial charge in [-0.2, -0.15) is 15.1 Å². The Balaban J connectivity index is 1.84. The molecule has 2 N–H and O–H groups in total. The van der Waals surface area contributed by atoms with Gasteiger partial charge < -0.3 is 10.1 Å². The molecule has 0 amide bonds. The number of ether oxygens (including phenoxy) is 1. The first-order chi connectivity index (χ1) is 9.76. The predicted octanol–water partition coefficient (Wildman–Crippen LogP) is 2.63. The largest absolute Gasteiger partial charge is 0.497 e. The molecule has 0 saturated heterocycles. The summed E-state index contributed by atoms with van der Waals surface area (Å²) in [6, 6.07) is 7.81. The van der Waals surface area contributed by atoms with Gasteiger partial charge in [-0.05, 0) is 29.3 Å². The van der Waals surface area contributed by atoms with Gasteiger partial charge in [-0.15, -0.1) is 0 Å². The van der Waals surface area contributed by atoms with Crippen LogP contribution >= 0.6 is 11.6 Å². The lowest BCUT2D eigenvalue weighted by molar-refractivity contribution is 0.414. The third-order valence-corrected chi connectivity index (χ3v) is 3.05. The number of methoxy groups -OCH3 is 1. The fourth-order valence-electron chi connectivity index (χ4n) is 1.91. The van der Waals surface area contributed by atoms with E-state index in [9.17, 15) is 0 Å². The van der Waals surface area contributed by atoms with Crippen LogP contribution in [0.2, 0.25) is 5.28 Å². The normalized spacial score (nSPS) is 10.7. The predicted molar refractivity (Wildman–Crippen MR) is 77.0 cm³/mol. The van der Waals surface area contributed by atoms with Crippen molar-refractivity contribution in [1.82, 2.24) is 20.2 Å². The van der Waals surface area contributed by atoms with Gasteiger partial charge in [0.1, 0.15) is 11.6 Å². The maximum Gasteiger partial charge on any atom is 0.226 e. The first kappa shape index (κ1) is 12.7. The summed E-state index contributed by atoms with van der Waals surface area (Å²) in [4.78, 5) is 8.24. The fraction of sp³-hybridized carbons (Fsp3) is 0.154. The van der Waals surface area contributed by atoms with Gasteiger partial charge in [0.15, 0.2) is 5.65 Å². The van der Waals surface area contributed by atoms with Gasteiger partial charge in [0, 0.05) is 6.54 Å². The Hall–Kier alpha value is -2.34. The molecule has 0 aliphatic heterocycles. The maximum atomic E-state index is 5.88. The lowest BCUT2D eigenvalue weighted by Crippen LogP contribution is -2.03. The van der Waals surface area contributed by atoms with E-state index in [-0.39, 0.29) is 5.28 Å². The third-order valence-electron chi connectivity index (χ3n) is 2.88. The molecular weight excluding hydrogens is 278 g/mol. The highest BCUT2D eigenvalue weighted by Gasteiger charge is 2.08. The molecule has 7 heteroatoms. The number of nitrogens with zero attached hydrogens (tertiary/aromatic N) is 3. The first-order valence-electron chi connectivity index (χ1n) is 5.99. The van der Waals surface area contributed by atoms with Crippen molar-refractivity contribution >= 4 is 28.5 Å². The van der Waals surface area contributed by atoms with Crippen molar-refractivity contribution < 1.29 is 4.74 Å². The Morgan fingerprint density at radius 3 is 3.10 bits per heavy atom. The molecule has 3 rings (SSSR count). The Kier molecular flexibility index (Phi) is 3.39. The van der Waals surface area contributed by atoms with Crippen LogP contribution in [0, 0.1) is 0 Å². The van der Waals surface area contributed by atoms with E-state index in [1.54, 1.807) is 13.3 Å². The van der Waals surface area contributed by atoms with Gasteiger partial charge >= 0.3 is 0 Å². The van der Waals surface area contributed by atoms with Crippen LogP contribution in [-0.4, -0.2) is 27.3 Å². The first-order valence-corrected chi connectivity index (χ1v) is 6.37. The van der Waals surface area contributed by atoms with E-state index in [0.717, 1.165) is 16.7 Å². The molecule has 3 aromatic rings. The van der Waals surface area contributed by atoms with Crippen LogP contribution in [0.5, 0.6) is 5.75 Å². The van der Waals surface area contributed by atoms with E-state index in [1.807, 2.05) is 24.3 Å². The zero-order valence-electron chi connectivity index (χ0n) is 10.7. The third kappa shape index (κ3) is 2.50. The number of nitrogens with one attached hydrogen (secondary N) is 2. The number of H-pyrrole nitrogens is 1. The van der Waals surface area contributed by atoms with Crippen LogP contribution in [0.3, 0.4) is 0 Å². The quantitative estimate of drug-likeness (QED) is 0.722. The SMILES string of the molecule is COc1cccc(CNc2nc(Cl)nc3[nH]ncc23)c1. The summed E-state index contributed by atoms with van der Waals surface area (Å²) in [6.07, 6.45) is 1.67. The fourth-order valence-corrected chi connectivity index (χ4v) is 2.08. The van der Waals surface area contributed by atoms with Crippen LogP contribution in [0.25, 0.3) is 11.0 Å². The Labute approximate surface area is 120 Å². The number of hydrogen-bond donors (Lipinski definition) is 2. The van der Waals surface area contributed by atoms with E-state index < -0.39 is 0 Å². The van der Waals surface area contributed by atoms with E-state index in [2.05, 4.69) is 25.5 Å². The molecule has 6 nitrogen and oxygen atoms in total. The average Bonchev–Trinajstić information content (AvgIpc) is 2.93. The molecule has 1 aromatic carbocycles.